The number of carbonyl (C=O) groups is 3. The Balaban J connectivity index is 0.000000406. The maximum atomic E-state index is 12.4. The Hall–Kier alpha value is -2.02. The fourth-order valence-electron chi connectivity index (χ4n) is 7.66. The van der Waals surface area contributed by atoms with Crippen molar-refractivity contribution in [3.63, 3.8) is 0 Å². The first-order valence-corrected chi connectivity index (χ1v) is 21.0. The molecule has 0 aliphatic carbocycles. The maximum absolute atomic E-state index is 12.4. The van der Waals surface area contributed by atoms with Crippen LogP contribution in [0, 0.1) is 31.6 Å². The molecule has 1 radical (unpaired) electrons. The van der Waals surface area contributed by atoms with Gasteiger partial charge < -0.3 is 38.0 Å². The summed E-state index contributed by atoms with van der Waals surface area (Å²) in [6, 6.07) is 8.50. The van der Waals surface area contributed by atoms with E-state index in [4.69, 9.17) is 5.73 Å². The molecular weight excluding hydrogens is 750 g/mol. The molecule has 2 aromatic rings. The molecule has 3 aliphatic heterocycles. The summed E-state index contributed by atoms with van der Waals surface area (Å²) < 4.78 is 0. The number of piperidine rings is 1. The summed E-state index contributed by atoms with van der Waals surface area (Å²) in [7, 11) is 1.80. The van der Waals surface area contributed by atoms with Crippen molar-refractivity contribution in [1.82, 2.24) is 29.9 Å². The van der Waals surface area contributed by atoms with Crippen LogP contribution in [0.2, 0.25) is 0 Å². The number of benzene rings is 1. The van der Waals surface area contributed by atoms with Crippen molar-refractivity contribution >= 4 is 29.3 Å². The number of Topliss-reactive ketones (excluding diaryl/α,β-unsaturated/α-hetero) is 1. The number of thiazole rings is 1. The third-order valence-corrected chi connectivity index (χ3v) is 12.1. The average Bonchev–Trinajstić information content (AvgIpc) is 3.81. The Morgan fingerprint density at radius 3 is 2.11 bits per heavy atom. The molecule has 4 heterocycles. The van der Waals surface area contributed by atoms with Crippen LogP contribution in [0.4, 0.5) is 0 Å². The fraction of sp³-hybridized carbons (Fsp3) is 0.698. The van der Waals surface area contributed by atoms with Gasteiger partial charge in [0.2, 0.25) is 5.91 Å². The standard InChI is InChI=1S/C15H19NS.C14H28N4O.C13H24N2O2.CH3.Mn/c1-4-11(2)9-13-5-7-14(8-6-13)15-12(3)16-10-17-15;15-3-6-16-4-1-14(2-5-16)13-18-9-7-17(8-10-18)11-12-19;1-9(16)10-7-6-8-15(10)12(17)11(14-5)13(2,3)4;;/h5-8,10-11H,4,9H2,1-3H3;12,14H,1-11,13,15H2;10-11,14H,6-8H2,1-5H3;1H3;/q;;;-1;. The molecule has 1 aromatic carbocycles. The number of likely N-dealkylation sites (N-methyl/N-ethyl adjacent to an activating group) is 1. The molecule has 55 heavy (non-hydrogen) atoms. The van der Waals surface area contributed by atoms with E-state index in [9.17, 15) is 14.4 Å². The second-order valence-corrected chi connectivity index (χ2v) is 17.3. The predicted octanol–water partition coefficient (Wildman–Crippen LogP) is 5.83. The molecule has 3 atom stereocenters. The Bertz CT molecular complexity index is 1370. The van der Waals surface area contributed by atoms with Gasteiger partial charge in [0.1, 0.15) is 6.29 Å². The van der Waals surface area contributed by atoms with Gasteiger partial charge in [-0.1, -0.05) is 65.3 Å². The molecule has 5 rings (SSSR count). The Kier molecular flexibility index (Phi) is 24.2. The molecule has 3 aliphatic rings. The summed E-state index contributed by atoms with van der Waals surface area (Å²) in [5.74, 6) is 1.77. The summed E-state index contributed by atoms with van der Waals surface area (Å²) in [5.41, 5.74) is 11.2. The predicted molar refractivity (Wildman–Crippen MR) is 227 cm³/mol. The number of carbonyl (C=O) groups excluding carboxylic acids is 3. The minimum Gasteiger partial charge on any atom is -0.358 e. The normalized spacial score (nSPS) is 19.4. The smallest absolute Gasteiger partial charge is 0.240 e. The van der Waals surface area contributed by atoms with Crippen molar-refractivity contribution in [2.75, 3.05) is 79.0 Å². The van der Waals surface area contributed by atoms with Crippen LogP contribution in [0.5, 0.6) is 0 Å². The zero-order valence-corrected chi connectivity index (χ0v) is 37.6. The number of aromatic nitrogens is 1. The summed E-state index contributed by atoms with van der Waals surface area (Å²) in [4.78, 5) is 49.1. The minimum absolute atomic E-state index is 0. The number of rotatable bonds is 13. The number of nitrogens with one attached hydrogen (secondary N) is 1. The molecule has 0 saturated carbocycles. The van der Waals surface area contributed by atoms with Crippen molar-refractivity contribution in [2.24, 2.45) is 23.0 Å². The number of hydrogen-bond donors (Lipinski definition) is 2. The van der Waals surface area contributed by atoms with Crippen LogP contribution in [0.3, 0.4) is 0 Å². The molecule has 0 spiro atoms. The van der Waals surface area contributed by atoms with E-state index in [1.807, 2.05) is 26.3 Å². The molecule has 12 heteroatoms. The third kappa shape index (κ3) is 16.8. The van der Waals surface area contributed by atoms with Gasteiger partial charge in [-0.2, -0.15) is 0 Å². The number of aryl methyl sites for hydroxylation is 1. The first-order valence-electron chi connectivity index (χ1n) is 20.1. The number of likely N-dealkylation sites (tertiary alicyclic amines) is 2. The molecule has 1 aromatic heterocycles. The largest absolute Gasteiger partial charge is 0.358 e. The topological polar surface area (TPSA) is 115 Å². The number of nitrogens with two attached hydrogens (primary N) is 1. The molecule has 1 amide bonds. The summed E-state index contributed by atoms with van der Waals surface area (Å²) in [5, 5.41) is 3.08. The van der Waals surface area contributed by atoms with E-state index >= 15 is 0 Å². The number of piperazine rings is 1. The molecule has 10 nitrogen and oxygen atoms in total. The van der Waals surface area contributed by atoms with E-state index in [-0.39, 0.29) is 53.7 Å². The van der Waals surface area contributed by atoms with Gasteiger partial charge in [-0.3, -0.25) is 14.5 Å². The van der Waals surface area contributed by atoms with Crippen molar-refractivity contribution in [2.45, 2.75) is 99.1 Å². The second-order valence-electron chi connectivity index (χ2n) is 16.4. The van der Waals surface area contributed by atoms with Gasteiger partial charge in [0.05, 0.1) is 34.7 Å². The van der Waals surface area contributed by atoms with Crippen LogP contribution in [-0.2, 0) is 37.9 Å². The zero-order chi connectivity index (χ0) is 39.0. The quantitative estimate of drug-likeness (QED) is 0.146. The third-order valence-electron chi connectivity index (χ3n) is 11.1. The van der Waals surface area contributed by atoms with Gasteiger partial charge in [-0.15, -0.1) is 11.3 Å². The van der Waals surface area contributed by atoms with Crippen LogP contribution in [-0.4, -0.2) is 134 Å². The van der Waals surface area contributed by atoms with Crippen LogP contribution in [0.25, 0.3) is 10.4 Å². The first-order chi connectivity index (χ1) is 25.3. The van der Waals surface area contributed by atoms with E-state index in [0.29, 0.717) is 13.1 Å². The summed E-state index contributed by atoms with van der Waals surface area (Å²) in [6.45, 7) is 25.4. The van der Waals surface area contributed by atoms with Crippen LogP contribution in [0.15, 0.2) is 29.8 Å². The SMILES string of the molecule is CCC(C)Cc1ccc(-c2scnc2C)cc1.CNC(C(=O)N1CCCC1C(C)=O)C(C)(C)C.NCCN1CCC(CN2CCN(CC=O)CC2)CC1.[CH3-].[Mn]. The minimum atomic E-state index is -0.234. The molecule has 3 unspecified atom stereocenters. The van der Waals surface area contributed by atoms with Gasteiger partial charge in [0, 0.05) is 69.4 Å². The molecule has 3 N–H and O–H groups in total. The van der Waals surface area contributed by atoms with Crippen molar-refractivity contribution in [3.8, 4) is 10.4 Å². The van der Waals surface area contributed by atoms with E-state index in [1.165, 1.54) is 61.3 Å². The molecular formula is C43H74MnN7O3S-. The number of nitrogens with zero attached hydrogens (tertiary/aromatic N) is 5. The summed E-state index contributed by atoms with van der Waals surface area (Å²) in [6.07, 6.45) is 7.80. The second kappa shape index (κ2) is 26.1. The first kappa shape index (κ1) is 51.0. The summed E-state index contributed by atoms with van der Waals surface area (Å²) >= 11 is 1.72. The maximum Gasteiger partial charge on any atom is 0.240 e. The van der Waals surface area contributed by atoms with E-state index in [2.05, 4.69) is 70.0 Å². The molecule has 3 fully saturated rings. The van der Waals surface area contributed by atoms with E-state index in [1.54, 1.807) is 30.2 Å². The number of amides is 1. The van der Waals surface area contributed by atoms with E-state index < -0.39 is 0 Å². The zero-order valence-electron chi connectivity index (χ0n) is 35.6. The Morgan fingerprint density at radius 1 is 1.00 bits per heavy atom. The number of hydrogen-bond acceptors (Lipinski definition) is 10. The van der Waals surface area contributed by atoms with Crippen molar-refractivity contribution in [3.05, 3.63) is 48.5 Å². The Morgan fingerprint density at radius 2 is 1.62 bits per heavy atom. The average molecular weight is 824 g/mol. The van der Waals surface area contributed by atoms with Crippen molar-refractivity contribution in [1.29, 1.82) is 0 Å². The van der Waals surface area contributed by atoms with Crippen LogP contribution >= 0.6 is 11.3 Å². The molecule has 313 valence electrons. The fourth-order valence-corrected chi connectivity index (χ4v) is 8.48. The van der Waals surface area contributed by atoms with E-state index in [0.717, 1.165) is 75.9 Å². The number of aldehydes is 1. The van der Waals surface area contributed by atoms with Crippen molar-refractivity contribution < 1.29 is 31.5 Å². The molecule has 0 bridgehead atoms. The van der Waals surface area contributed by atoms with Crippen LogP contribution in [0.1, 0.15) is 84.9 Å². The van der Waals surface area contributed by atoms with Gasteiger partial charge in [-0.05, 0) is 94.5 Å². The Labute approximate surface area is 349 Å². The van der Waals surface area contributed by atoms with Gasteiger partial charge in [0.15, 0.2) is 5.78 Å². The molecule has 3 saturated heterocycles. The van der Waals surface area contributed by atoms with Gasteiger partial charge in [0.25, 0.3) is 0 Å². The monoisotopic (exact) mass is 823 g/mol. The van der Waals surface area contributed by atoms with Gasteiger partial charge in [-0.25, -0.2) is 4.98 Å². The van der Waals surface area contributed by atoms with Gasteiger partial charge >= 0.3 is 0 Å². The number of ketones is 1. The van der Waals surface area contributed by atoms with Crippen LogP contribution < -0.4 is 11.1 Å².